The summed E-state index contributed by atoms with van der Waals surface area (Å²) in [5.41, 5.74) is -1.99. The second kappa shape index (κ2) is 11.0. The van der Waals surface area contributed by atoms with Crippen molar-refractivity contribution in [3.8, 4) is 0 Å². The van der Waals surface area contributed by atoms with Crippen LogP contribution in [0.15, 0.2) is 46.3 Å². The van der Waals surface area contributed by atoms with Crippen LogP contribution in [0.4, 0.5) is 26.3 Å². The first-order chi connectivity index (χ1) is 18.8. The molecule has 5 rings (SSSR count). The molecule has 2 aliphatic rings. The van der Waals surface area contributed by atoms with Crippen LogP contribution >= 0.6 is 34.4 Å². The Morgan fingerprint density at radius 1 is 1.12 bits per heavy atom. The summed E-state index contributed by atoms with van der Waals surface area (Å²) in [6.07, 6.45) is -8.61. The zero-order chi connectivity index (χ0) is 28.8. The Kier molecular flexibility index (Phi) is 7.93. The highest BCUT2D eigenvalue weighted by atomic mass is 127. The Bertz CT molecular complexity index is 1540. The first-order valence-electron chi connectivity index (χ1n) is 11.8. The van der Waals surface area contributed by atoms with Crippen LogP contribution in [0.25, 0.3) is 17.0 Å². The normalized spacial score (nSPS) is 19.6. The molecule has 2 aliphatic heterocycles. The average molecular weight is 696 g/mol. The van der Waals surface area contributed by atoms with Gasteiger partial charge in [0.15, 0.2) is 5.17 Å². The maximum atomic E-state index is 13.6. The number of ether oxygens (including phenoxy) is 1. The van der Waals surface area contributed by atoms with E-state index < -0.39 is 35.9 Å². The summed E-state index contributed by atoms with van der Waals surface area (Å²) in [6, 6.07) is 6.59. The fraction of sp³-hybridized carbons (Fsp3) is 0.320. The van der Waals surface area contributed by atoms with Gasteiger partial charge in [-0.3, -0.25) is 9.48 Å². The third-order valence-corrected chi connectivity index (χ3v) is 8.15. The summed E-state index contributed by atoms with van der Waals surface area (Å²) >= 11 is 3.13. The molecule has 2 aromatic carbocycles. The highest BCUT2D eigenvalue weighted by Gasteiger charge is 2.38. The van der Waals surface area contributed by atoms with Crippen molar-refractivity contribution >= 4 is 62.4 Å². The number of aliphatic hydroxyl groups excluding tert-OH is 1. The van der Waals surface area contributed by atoms with Crippen LogP contribution < -0.4 is 0 Å². The summed E-state index contributed by atoms with van der Waals surface area (Å²) in [7, 11) is 0. The van der Waals surface area contributed by atoms with Crippen molar-refractivity contribution in [2.45, 2.75) is 25.0 Å². The number of aliphatic hydroxyl groups is 1. The fourth-order valence-corrected chi connectivity index (χ4v) is 6.01. The second-order valence-electron chi connectivity index (χ2n) is 9.02. The Morgan fingerprint density at radius 2 is 1.90 bits per heavy atom. The minimum Gasteiger partial charge on any atom is -0.394 e. The lowest BCUT2D eigenvalue weighted by molar-refractivity contribution is -0.143. The van der Waals surface area contributed by atoms with Crippen molar-refractivity contribution in [2.75, 3.05) is 26.3 Å². The molecule has 0 radical (unpaired) electrons. The minimum atomic E-state index is -4.99. The summed E-state index contributed by atoms with van der Waals surface area (Å²) in [6.45, 7) is 0.789. The number of rotatable bonds is 4. The van der Waals surface area contributed by atoms with Gasteiger partial charge in [0.1, 0.15) is 3.70 Å². The van der Waals surface area contributed by atoms with Crippen LogP contribution in [0.5, 0.6) is 0 Å². The van der Waals surface area contributed by atoms with Crippen molar-refractivity contribution < 1.29 is 41.0 Å². The van der Waals surface area contributed by atoms with E-state index in [4.69, 9.17) is 4.74 Å². The van der Waals surface area contributed by atoms with E-state index >= 15 is 0 Å². The standard InChI is InChI=1S/C25H19F6IN4O3S/c26-24(27,28)15-3-2-14(18(9-15)25(29,30)31)10-36-19-4-1-13(7-17(19)21(32)34-36)8-20-22(38)33-23(40-20)35-5-6-39-16(11-35)12-37/h1-4,7-9,16,37H,5-6,10-12H2. The quantitative estimate of drug-likeness (QED) is 0.224. The lowest BCUT2D eigenvalue weighted by Crippen LogP contribution is -2.45. The molecule has 0 aliphatic carbocycles. The molecule has 1 atom stereocenters. The molecule has 0 spiro atoms. The third-order valence-electron chi connectivity index (χ3n) is 6.31. The summed E-state index contributed by atoms with van der Waals surface area (Å²) in [5, 5.41) is 14.8. The molecule has 7 nitrogen and oxygen atoms in total. The highest BCUT2D eigenvalue weighted by molar-refractivity contribution is 14.1. The van der Waals surface area contributed by atoms with E-state index in [2.05, 4.69) is 10.1 Å². The lowest BCUT2D eigenvalue weighted by atomic mass is 10.0. The van der Waals surface area contributed by atoms with Gasteiger partial charge in [-0.25, -0.2) is 0 Å². The molecule has 212 valence electrons. The van der Waals surface area contributed by atoms with Gasteiger partial charge in [0, 0.05) is 18.5 Å². The number of hydrogen-bond donors (Lipinski definition) is 1. The van der Waals surface area contributed by atoms with Crippen LogP contribution in [0.2, 0.25) is 0 Å². The average Bonchev–Trinajstić information content (AvgIpc) is 3.41. The number of fused-ring (bicyclic) bond motifs is 1. The maximum Gasteiger partial charge on any atom is 0.416 e. The number of aromatic nitrogens is 2. The smallest absolute Gasteiger partial charge is 0.394 e. The Labute approximate surface area is 241 Å². The van der Waals surface area contributed by atoms with E-state index in [0.29, 0.717) is 56.0 Å². The topological polar surface area (TPSA) is 80.0 Å². The number of benzene rings is 2. The molecule has 1 fully saturated rings. The zero-order valence-electron chi connectivity index (χ0n) is 20.3. The number of amidine groups is 1. The number of amides is 1. The van der Waals surface area contributed by atoms with Gasteiger partial charge in [0.25, 0.3) is 5.91 Å². The third kappa shape index (κ3) is 6.01. The highest BCUT2D eigenvalue weighted by Crippen LogP contribution is 2.38. The predicted molar refractivity (Wildman–Crippen MR) is 144 cm³/mol. The van der Waals surface area contributed by atoms with Gasteiger partial charge in [-0.05, 0) is 75.8 Å². The number of aliphatic imine (C=N–C) groups is 1. The summed E-state index contributed by atoms with van der Waals surface area (Å²) in [4.78, 5) is 18.9. The number of carbonyl (C=O) groups is 1. The number of carbonyl (C=O) groups excluding carboxylic acids is 1. The van der Waals surface area contributed by atoms with Crippen molar-refractivity contribution in [1.29, 1.82) is 0 Å². The van der Waals surface area contributed by atoms with Gasteiger partial charge in [0.2, 0.25) is 0 Å². The molecule has 1 saturated heterocycles. The van der Waals surface area contributed by atoms with E-state index in [0.717, 1.165) is 6.07 Å². The van der Waals surface area contributed by atoms with Gasteiger partial charge >= 0.3 is 12.4 Å². The van der Waals surface area contributed by atoms with Crippen LogP contribution in [0, 0.1) is 3.70 Å². The number of alkyl halides is 6. The second-order valence-corrected chi connectivity index (χ2v) is 11.1. The number of hydrogen-bond acceptors (Lipinski definition) is 6. The molecule has 3 aromatic rings. The van der Waals surface area contributed by atoms with Gasteiger partial charge in [-0.1, -0.05) is 12.1 Å². The van der Waals surface area contributed by atoms with Gasteiger partial charge in [0.05, 0.1) is 47.4 Å². The Hall–Kier alpha value is -2.63. The number of morpholine rings is 1. The van der Waals surface area contributed by atoms with Crippen LogP contribution in [-0.4, -0.2) is 63.3 Å². The van der Waals surface area contributed by atoms with Crippen molar-refractivity contribution in [3.05, 3.63) is 67.3 Å². The molecule has 1 amide bonds. The van der Waals surface area contributed by atoms with Gasteiger partial charge in [-0.2, -0.15) is 36.4 Å². The fourth-order valence-electron chi connectivity index (χ4n) is 4.37. The number of nitrogens with zero attached hydrogens (tertiary/aromatic N) is 4. The van der Waals surface area contributed by atoms with Crippen molar-refractivity contribution in [1.82, 2.24) is 14.7 Å². The predicted octanol–water partition coefficient (Wildman–Crippen LogP) is 5.39. The van der Waals surface area contributed by atoms with Gasteiger partial charge in [-0.15, -0.1) is 0 Å². The summed E-state index contributed by atoms with van der Waals surface area (Å²) in [5.74, 6) is -0.417. The minimum absolute atomic E-state index is 0.115. The summed E-state index contributed by atoms with van der Waals surface area (Å²) < 4.78 is 87.2. The molecular formula is C25H19F6IN4O3S. The lowest BCUT2D eigenvalue weighted by Gasteiger charge is -2.32. The van der Waals surface area contributed by atoms with Crippen LogP contribution in [-0.2, 0) is 28.4 Å². The molecule has 15 heteroatoms. The van der Waals surface area contributed by atoms with E-state index in [1.54, 1.807) is 24.3 Å². The molecule has 1 N–H and O–H groups in total. The molecule has 0 saturated carbocycles. The maximum absolute atomic E-state index is 13.6. The Balaban J connectivity index is 1.40. The van der Waals surface area contributed by atoms with E-state index in [-0.39, 0.29) is 24.3 Å². The SMILES string of the molecule is O=C1N=C(N2CCOC(CO)C2)SC1=Cc1ccc2c(c1)c(I)nn2Cc1ccc(C(F)(F)F)cc1C(F)(F)F. The molecule has 40 heavy (non-hydrogen) atoms. The van der Waals surface area contributed by atoms with Crippen LogP contribution in [0.1, 0.15) is 22.3 Å². The first-order valence-corrected chi connectivity index (χ1v) is 13.7. The first kappa shape index (κ1) is 28.9. The van der Waals surface area contributed by atoms with E-state index in [9.17, 15) is 36.2 Å². The molecule has 1 unspecified atom stereocenters. The number of halogens is 7. The number of thioether (sulfide) groups is 1. The Morgan fingerprint density at radius 3 is 2.60 bits per heavy atom. The van der Waals surface area contributed by atoms with Gasteiger partial charge < -0.3 is 14.7 Å². The van der Waals surface area contributed by atoms with Crippen molar-refractivity contribution in [3.63, 3.8) is 0 Å². The van der Waals surface area contributed by atoms with E-state index in [1.165, 1.54) is 16.4 Å². The molecular weight excluding hydrogens is 677 g/mol. The van der Waals surface area contributed by atoms with E-state index in [1.807, 2.05) is 27.5 Å². The van der Waals surface area contributed by atoms with Crippen molar-refractivity contribution in [2.24, 2.45) is 4.99 Å². The molecule has 3 heterocycles. The zero-order valence-corrected chi connectivity index (χ0v) is 23.2. The molecule has 1 aromatic heterocycles. The monoisotopic (exact) mass is 696 g/mol. The molecule has 0 bridgehead atoms. The largest absolute Gasteiger partial charge is 0.416 e. The van der Waals surface area contributed by atoms with Crippen LogP contribution in [0.3, 0.4) is 0 Å².